The van der Waals surface area contributed by atoms with Gasteiger partial charge in [0.2, 0.25) is 5.91 Å². The summed E-state index contributed by atoms with van der Waals surface area (Å²) >= 11 is 9.55. The summed E-state index contributed by atoms with van der Waals surface area (Å²) in [4.78, 5) is 11.6. The molecule has 1 amide bonds. The molecule has 1 heterocycles. The van der Waals surface area contributed by atoms with Crippen molar-refractivity contribution in [1.29, 1.82) is 0 Å². The molecule has 4 heteroatoms. The van der Waals surface area contributed by atoms with E-state index < -0.39 is 0 Å². The van der Waals surface area contributed by atoms with Crippen molar-refractivity contribution in [3.63, 3.8) is 0 Å². The van der Waals surface area contributed by atoms with Crippen LogP contribution in [0.1, 0.15) is 38.7 Å². The molecule has 2 rings (SSSR count). The first-order chi connectivity index (χ1) is 8.90. The van der Waals surface area contributed by atoms with E-state index in [2.05, 4.69) is 41.2 Å². The predicted octanol–water partition coefficient (Wildman–Crippen LogP) is 4.34. The van der Waals surface area contributed by atoms with Crippen LogP contribution >= 0.6 is 27.5 Å². The molecular weight excluding hydrogens is 326 g/mol. The smallest absolute Gasteiger partial charge is 0.220 e. The molecule has 1 atom stereocenters. The Hall–Kier alpha value is -0.540. The van der Waals surface area contributed by atoms with Gasteiger partial charge in [-0.25, -0.2) is 0 Å². The van der Waals surface area contributed by atoms with E-state index in [9.17, 15) is 4.79 Å². The number of carbonyl (C=O) groups excluding carboxylic acids is 1. The third-order valence-electron chi connectivity index (χ3n) is 3.56. The Bertz CT molecular complexity index is 489. The maximum absolute atomic E-state index is 11.6. The third kappa shape index (κ3) is 3.73. The molecule has 0 radical (unpaired) electrons. The second-order valence-corrected chi connectivity index (χ2v) is 7.11. The van der Waals surface area contributed by atoms with Gasteiger partial charge in [0.25, 0.3) is 0 Å². The van der Waals surface area contributed by atoms with Crippen LogP contribution in [0.3, 0.4) is 0 Å². The molecule has 2 nitrogen and oxygen atoms in total. The maximum atomic E-state index is 11.6. The van der Waals surface area contributed by atoms with E-state index in [1.165, 1.54) is 5.56 Å². The van der Waals surface area contributed by atoms with Crippen molar-refractivity contribution in [2.75, 3.05) is 0 Å². The topological polar surface area (TPSA) is 29.1 Å². The minimum absolute atomic E-state index is 0.0948. The zero-order valence-electron chi connectivity index (χ0n) is 11.3. The minimum Gasteiger partial charge on any atom is -0.350 e. The largest absolute Gasteiger partial charge is 0.350 e. The van der Waals surface area contributed by atoms with Crippen LogP contribution in [0.2, 0.25) is 5.02 Å². The number of halogens is 2. The maximum Gasteiger partial charge on any atom is 0.220 e. The van der Waals surface area contributed by atoms with Gasteiger partial charge in [-0.05, 0) is 58.8 Å². The lowest BCUT2D eigenvalue weighted by atomic mass is 9.82. The molecular formula is C15H19BrClNO. The Morgan fingerprint density at radius 3 is 2.74 bits per heavy atom. The molecule has 1 aliphatic heterocycles. The van der Waals surface area contributed by atoms with Gasteiger partial charge in [0.05, 0.1) is 5.02 Å². The molecule has 1 N–H and O–H groups in total. The highest BCUT2D eigenvalue weighted by Crippen LogP contribution is 2.33. The molecule has 1 saturated heterocycles. The monoisotopic (exact) mass is 343 g/mol. The summed E-state index contributed by atoms with van der Waals surface area (Å²) < 4.78 is 0.909. The van der Waals surface area contributed by atoms with Crippen LogP contribution in [0, 0.1) is 5.92 Å². The summed E-state index contributed by atoms with van der Waals surface area (Å²) in [5.74, 6) is 0.730. The van der Waals surface area contributed by atoms with Gasteiger partial charge >= 0.3 is 0 Å². The van der Waals surface area contributed by atoms with Crippen molar-refractivity contribution < 1.29 is 4.79 Å². The first-order valence-corrected chi connectivity index (χ1v) is 7.82. The van der Waals surface area contributed by atoms with Gasteiger partial charge in [-0.3, -0.25) is 4.79 Å². The number of benzene rings is 1. The Balaban J connectivity index is 2.20. The second-order valence-electron chi connectivity index (χ2n) is 5.85. The van der Waals surface area contributed by atoms with E-state index in [0.29, 0.717) is 12.3 Å². The lowest BCUT2D eigenvalue weighted by Crippen LogP contribution is -2.44. The lowest BCUT2D eigenvalue weighted by Gasteiger charge is -2.31. The number of nitrogens with one attached hydrogen (secondary N) is 1. The molecule has 19 heavy (non-hydrogen) atoms. The Kier molecular flexibility index (Phi) is 4.57. The van der Waals surface area contributed by atoms with Gasteiger partial charge in [-0.15, -0.1) is 0 Å². The molecule has 104 valence electrons. The minimum atomic E-state index is -0.0948. The Labute approximate surface area is 128 Å². The summed E-state index contributed by atoms with van der Waals surface area (Å²) in [5, 5.41) is 3.91. The fourth-order valence-electron chi connectivity index (χ4n) is 2.95. The van der Waals surface area contributed by atoms with Gasteiger partial charge in [-0.1, -0.05) is 31.5 Å². The molecule has 0 saturated carbocycles. The summed E-state index contributed by atoms with van der Waals surface area (Å²) in [6.45, 7) is 4.39. The van der Waals surface area contributed by atoms with Crippen LogP contribution in [0.4, 0.5) is 0 Å². The van der Waals surface area contributed by atoms with E-state index in [1.54, 1.807) is 0 Å². The summed E-state index contributed by atoms with van der Waals surface area (Å²) in [6.07, 6.45) is 3.41. The first-order valence-electron chi connectivity index (χ1n) is 6.65. The van der Waals surface area contributed by atoms with Crippen LogP contribution in [-0.2, 0) is 11.2 Å². The molecule has 0 aliphatic carbocycles. The van der Waals surface area contributed by atoms with Gasteiger partial charge < -0.3 is 5.32 Å². The summed E-state index contributed by atoms with van der Waals surface area (Å²) in [5.41, 5.74) is 1.08. The SMILES string of the molecule is CC(C)CC1(Cc2ccc(Br)c(Cl)c2)CCC(=O)N1. The second kappa shape index (κ2) is 5.84. The number of hydrogen-bond donors (Lipinski definition) is 1. The van der Waals surface area contributed by atoms with E-state index in [4.69, 9.17) is 11.6 Å². The van der Waals surface area contributed by atoms with Crippen molar-refractivity contribution in [3.05, 3.63) is 33.3 Å². The van der Waals surface area contributed by atoms with E-state index in [-0.39, 0.29) is 11.4 Å². The third-order valence-corrected chi connectivity index (χ3v) is 4.79. The molecule has 1 unspecified atom stereocenters. The number of carbonyl (C=O) groups is 1. The molecule has 1 aromatic carbocycles. The van der Waals surface area contributed by atoms with Gasteiger partial charge in [0.1, 0.15) is 0 Å². The van der Waals surface area contributed by atoms with Crippen LogP contribution in [0.25, 0.3) is 0 Å². The van der Waals surface area contributed by atoms with E-state index >= 15 is 0 Å². The Morgan fingerprint density at radius 1 is 1.47 bits per heavy atom. The predicted molar refractivity (Wildman–Crippen MR) is 82.4 cm³/mol. The molecule has 1 aliphatic rings. The quantitative estimate of drug-likeness (QED) is 0.865. The van der Waals surface area contributed by atoms with Gasteiger partial charge in [0, 0.05) is 16.4 Å². The lowest BCUT2D eigenvalue weighted by molar-refractivity contribution is -0.119. The summed E-state index contributed by atoms with van der Waals surface area (Å²) in [6, 6.07) is 6.03. The molecule has 0 spiro atoms. The number of rotatable bonds is 4. The van der Waals surface area contributed by atoms with Gasteiger partial charge in [-0.2, -0.15) is 0 Å². The average molecular weight is 345 g/mol. The van der Waals surface area contributed by atoms with Crippen molar-refractivity contribution in [1.82, 2.24) is 5.32 Å². The number of hydrogen-bond acceptors (Lipinski definition) is 1. The fourth-order valence-corrected chi connectivity index (χ4v) is 3.40. The van der Waals surface area contributed by atoms with Crippen molar-refractivity contribution >= 4 is 33.4 Å². The summed E-state index contributed by atoms with van der Waals surface area (Å²) in [7, 11) is 0. The number of amides is 1. The highest BCUT2D eigenvalue weighted by molar-refractivity contribution is 9.10. The standard InChI is InChI=1S/C15H19BrClNO/c1-10(2)8-15(6-5-14(19)18-15)9-11-3-4-12(16)13(17)7-11/h3-4,7,10H,5-6,8-9H2,1-2H3,(H,18,19). The fraction of sp³-hybridized carbons (Fsp3) is 0.533. The van der Waals surface area contributed by atoms with Crippen molar-refractivity contribution in [3.8, 4) is 0 Å². The van der Waals surface area contributed by atoms with Crippen molar-refractivity contribution in [2.45, 2.75) is 45.1 Å². The highest BCUT2D eigenvalue weighted by atomic mass is 79.9. The zero-order valence-corrected chi connectivity index (χ0v) is 13.6. The van der Waals surface area contributed by atoms with Crippen LogP contribution in [0.15, 0.2) is 22.7 Å². The van der Waals surface area contributed by atoms with Crippen LogP contribution in [0.5, 0.6) is 0 Å². The first kappa shape index (κ1) is 14.9. The molecule has 0 bridgehead atoms. The van der Waals surface area contributed by atoms with Crippen molar-refractivity contribution in [2.24, 2.45) is 5.92 Å². The molecule has 1 aromatic rings. The average Bonchev–Trinajstić information content (AvgIpc) is 2.64. The van der Waals surface area contributed by atoms with E-state index in [1.807, 2.05) is 12.1 Å². The normalized spacial score (nSPS) is 22.9. The van der Waals surface area contributed by atoms with Gasteiger partial charge in [0.15, 0.2) is 0 Å². The Morgan fingerprint density at radius 2 is 2.21 bits per heavy atom. The van der Waals surface area contributed by atoms with Crippen LogP contribution < -0.4 is 5.32 Å². The van der Waals surface area contributed by atoms with Crippen LogP contribution in [-0.4, -0.2) is 11.4 Å². The molecule has 0 aromatic heterocycles. The molecule has 1 fully saturated rings. The zero-order chi connectivity index (χ0) is 14.0. The van der Waals surface area contributed by atoms with E-state index in [0.717, 1.165) is 28.8 Å². The highest BCUT2D eigenvalue weighted by Gasteiger charge is 2.38.